The largest absolute Gasteiger partial charge is 0.462 e. The molecule has 120 valence electrons. The summed E-state index contributed by atoms with van der Waals surface area (Å²) in [6.45, 7) is 1.99. The fraction of sp³-hybridized carbons (Fsp3) is 0.222. The van der Waals surface area contributed by atoms with Crippen molar-refractivity contribution >= 4 is 23.4 Å². The first kappa shape index (κ1) is 17.2. The molecule has 2 aromatic rings. The third-order valence-electron chi connectivity index (χ3n) is 3.26. The van der Waals surface area contributed by atoms with Gasteiger partial charge in [0.05, 0.1) is 12.2 Å². The summed E-state index contributed by atoms with van der Waals surface area (Å²) >= 11 is 5.79. The van der Waals surface area contributed by atoms with Crippen molar-refractivity contribution in [2.75, 3.05) is 6.61 Å². The molecule has 2 rings (SSSR count). The highest BCUT2D eigenvalue weighted by molar-refractivity contribution is 6.30. The Balaban J connectivity index is 2.06. The number of ketones is 1. The van der Waals surface area contributed by atoms with Gasteiger partial charge in [-0.3, -0.25) is 4.79 Å². The molecule has 0 saturated heterocycles. The van der Waals surface area contributed by atoms with Gasteiger partial charge in [-0.15, -0.1) is 0 Å². The van der Waals surface area contributed by atoms with Gasteiger partial charge >= 0.3 is 5.97 Å². The van der Waals surface area contributed by atoms with Crippen molar-refractivity contribution < 1.29 is 18.7 Å². The molecule has 23 heavy (non-hydrogen) atoms. The number of rotatable bonds is 6. The van der Waals surface area contributed by atoms with Gasteiger partial charge in [0.1, 0.15) is 5.82 Å². The van der Waals surface area contributed by atoms with E-state index in [1.165, 1.54) is 18.2 Å². The molecule has 0 spiro atoms. The second kappa shape index (κ2) is 7.88. The van der Waals surface area contributed by atoms with Crippen molar-refractivity contribution in [1.29, 1.82) is 0 Å². The summed E-state index contributed by atoms with van der Waals surface area (Å²) in [5, 5.41) is 0.303. The van der Waals surface area contributed by atoms with E-state index in [4.69, 9.17) is 16.3 Å². The van der Waals surface area contributed by atoms with E-state index in [0.717, 1.165) is 0 Å². The molecule has 0 aliphatic heterocycles. The van der Waals surface area contributed by atoms with Crippen LogP contribution in [0, 0.1) is 5.82 Å². The molecule has 3 nitrogen and oxygen atoms in total. The fourth-order valence-electron chi connectivity index (χ4n) is 2.19. The zero-order valence-electron chi connectivity index (χ0n) is 12.6. The third-order valence-corrected chi connectivity index (χ3v) is 3.48. The number of benzene rings is 2. The Kier molecular flexibility index (Phi) is 5.88. The minimum atomic E-state index is -0.459. The van der Waals surface area contributed by atoms with E-state index in [2.05, 4.69) is 0 Å². The van der Waals surface area contributed by atoms with Crippen LogP contribution in [0.4, 0.5) is 4.39 Å². The molecule has 0 saturated carbocycles. The Hall–Kier alpha value is -2.20. The number of carbonyl (C=O) groups is 2. The maximum atomic E-state index is 13.3. The molecule has 0 bridgehead atoms. The zero-order valence-corrected chi connectivity index (χ0v) is 13.4. The molecule has 0 aromatic heterocycles. The van der Waals surface area contributed by atoms with Crippen LogP contribution in [0.5, 0.6) is 0 Å². The highest BCUT2D eigenvalue weighted by Gasteiger charge is 2.11. The number of halogens is 2. The first-order valence-electron chi connectivity index (χ1n) is 7.25. The predicted octanol–water partition coefficient (Wildman–Crippen LogP) is 4.47. The average molecular weight is 335 g/mol. The fourth-order valence-corrected chi connectivity index (χ4v) is 2.44. The van der Waals surface area contributed by atoms with Crippen molar-refractivity contribution in [3.63, 3.8) is 0 Å². The summed E-state index contributed by atoms with van der Waals surface area (Å²) in [5.74, 6) is -1.01. The lowest BCUT2D eigenvalue weighted by atomic mass is 10.0. The van der Waals surface area contributed by atoms with E-state index in [1.54, 1.807) is 31.2 Å². The summed E-state index contributed by atoms with van der Waals surface area (Å²) in [5.41, 5.74) is 1.43. The predicted molar refractivity (Wildman–Crippen MR) is 86.5 cm³/mol. The number of ether oxygens (including phenoxy) is 1. The van der Waals surface area contributed by atoms with Crippen molar-refractivity contribution in [3.05, 3.63) is 70.0 Å². The van der Waals surface area contributed by atoms with Gasteiger partial charge in [-0.2, -0.15) is 0 Å². The van der Waals surface area contributed by atoms with Gasteiger partial charge in [0.25, 0.3) is 0 Å². The number of carbonyl (C=O) groups excluding carboxylic acids is 2. The lowest BCUT2D eigenvalue weighted by Gasteiger charge is -2.05. The summed E-state index contributed by atoms with van der Waals surface area (Å²) in [6, 6.07) is 10.6. The molecule has 0 radical (unpaired) electrons. The number of aryl methyl sites for hydroxylation is 1. The van der Waals surface area contributed by atoms with Crippen molar-refractivity contribution in [2.45, 2.75) is 19.8 Å². The molecular formula is C18H16ClFO3. The Morgan fingerprint density at radius 1 is 1.13 bits per heavy atom. The Morgan fingerprint density at radius 3 is 2.57 bits per heavy atom. The minimum Gasteiger partial charge on any atom is -0.462 e. The van der Waals surface area contributed by atoms with Crippen molar-refractivity contribution in [1.82, 2.24) is 0 Å². The lowest BCUT2D eigenvalue weighted by Crippen LogP contribution is -2.07. The highest BCUT2D eigenvalue weighted by Crippen LogP contribution is 2.17. The smallest absolute Gasteiger partial charge is 0.338 e. The first-order chi connectivity index (χ1) is 11.0. The second-order valence-electron chi connectivity index (χ2n) is 5.00. The molecule has 0 atom stereocenters. The van der Waals surface area contributed by atoms with Gasteiger partial charge in [-0.05, 0) is 49.2 Å². The van der Waals surface area contributed by atoms with Gasteiger partial charge in [0.2, 0.25) is 0 Å². The van der Waals surface area contributed by atoms with Crippen molar-refractivity contribution in [2.24, 2.45) is 0 Å². The van der Waals surface area contributed by atoms with Crippen LogP contribution in [0.2, 0.25) is 5.02 Å². The molecule has 5 heteroatoms. The summed E-state index contributed by atoms with van der Waals surface area (Å²) in [4.78, 5) is 23.9. The quantitative estimate of drug-likeness (QED) is 0.578. The van der Waals surface area contributed by atoms with Crippen LogP contribution < -0.4 is 0 Å². The molecule has 2 aromatic carbocycles. The number of Topliss-reactive ketones (excluding diaryl/α,β-unsaturated/α-hetero) is 1. The molecule has 0 unspecified atom stereocenters. The molecule has 0 amide bonds. The summed E-state index contributed by atoms with van der Waals surface area (Å²) < 4.78 is 18.2. The average Bonchev–Trinajstić information content (AvgIpc) is 2.52. The molecule has 0 fully saturated rings. The Bertz CT molecular complexity index is 708. The zero-order chi connectivity index (χ0) is 16.8. The molecule has 0 aliphatic rings. The van der Waals surface area contributed by atoms with Crippen molar-refractivity contribution in [3.8, 4) is 0 Å². The maximum Gasteiger partial charge on any atom is 0.338 e. The topological polar surface area (TPSA) is 43.4 Å². The van der Waals surface area contributed by atoms with Crippen LogP contribution >= 0.6 is 11.6 Å². The van der Waals surface area contributed by atoms with Crippen LogP contribution in [0.15, 0.2) is 42.5 Å². The van der Waals surface area contributed by atoms with Gasteiger partial charge < -0.3 is 4.74 Å². The monoisotopic (exact) mass is 334 g/mol. The van der Waals surface area contributed by atoms with Crippen LogP contribution in [-0.4, -0.2) is 18.4 Å². The lowest BCUT2D eigenvalue weighted by molar-refractivity contribution is 0.0526. The van der Waals surface area contributed by atoms with Crippen LogP contribution in [-0.2, 0) is 11.2 Å². The molecule has 0 aliphatic carbocycles. The molecule has 0 N–H and O–H groups in total. The van der Waals surface area contributed by atoms with Gasteiger partial charge in [0, 0.05) is 17.0 Å². The van der Waals surface area contributed by atoms with Crippen LogP contribution in [0.25, 0.3) is 0 Å². The minimum absolute atomic E-state index is 0.128. The molecule has 0 heterocycles. The highest BCUT2D eigenvalue weighted by atomic mass is 35.5. The standard InChI is InChI=1S/C18H16ClFO3/c1-2-23-18(22)14-5-3-4-13(10-14)17(21)7-6-12-8-15(19)11-16(20)9-12/h3-5,8-11H,2,6-7H2,1H3. The molecular weight excluding hydrogens is 319 g/mol. The first-order valence-corrected chi connectivity index (χ1v) is 7.62. The normalized spacial score (nSPS) is 10.4. The summed E-state index contributed by atoms with van der Waals surface area (Å²) in [7, 11) is 0. The van der Waals surface area contributed by atoms with Crippen LogP contribution in [0.1, 0.15) is 39.6 Å². The maximum absolute atomic E-state index is 13.3. The number of esters is 1. The second-order valence-corrected chi connectivity index (χ2v) is 5.44. The van der Waals surface area contributed by atoms with E-state index >= 15 is 0 Å². The van der Waals surface area contributed by atoms with E-state index in [0.29, 0.717) is 28.1 Å². The van der Waals surface area contributed by atoms with Gasteiger partial charge in [0.15, 0.2) is 5.78 Å². The van der Waals surface area contributed by atoms with E-state index < -0.39 is 11.8 Å². The number of hydrogen-bond acceptors (Lipinski definition) is 3. The van der Waals surface area contributed by atoms with Crippen LogP contribution in [0.3, 0.4) is 0 Å². The SMILES string of the molecule is CCOC(=O)c1cccc(C(=O)CCc2cc(F)cc(Cl)c2)c1. The van der Waals surface area contributed by atoms with Gasteiger partial charge in [-0.25, -0.2) is 9.18 Å². The van der Waals surface area contributed by atoms with E-state index in [1.807, 2.05) is 0 Å². The van der Waals surface area contributed by atoms with E-state index in [9.17, 15) is 14.0 Å². The summed E-state index contributed by atoms with van der Waals surface area (Å²) in [6.07, 6.45) is 0.575. The van der Waals surface area contributed by atoms with Gasteiger partial charge in [-0.1, -0.05) is 23.7 Å². The third kappa shape index (κ3) is 4.89. The van der Waals surface area contributed by atoms with E-state index in [-0.39, 0.29) is 18.8 Å². The number of hydrogen-bond donors (Lipinski definition) is 0. The Labute approximate surface area is 139 Å². The Morgan fingerprint density at radius 2 is 1.87 bits per heavy atom.